The van der Waals surface area contributed by atoms with Crippen LogP contribution in [-0.4, -0.2) is 44.7 Å². The first kappa shape index (κ1) is 17.5. The molecule has 1 aliphatic heterocycles. The van der Waals surface area contributed by atoms with Crippen molar-refractivity contribution < 1.29 is 9.53 Å². The van der Waals surface area contributed by atoms with E-state index in [1.807, 2.05) is 13.1 Å². The summed E-state index contributed by atoms with van der Waals surface area (Å²) in [6.07, 6.45) is 1.59. The summed E-state index contributed by atoms with van der Waals surface area (Å²) in [5.74, 6) is 0.127. The molecule has 1 aliphatic rings. The summed E-state index contributed by atoms with van der Waals surface area (Å²) in [6, 6.07) is 5.45. The second kappa shape index (κ2) is 7.64. The second-order valence-electron chi connectivity index (χ2n) is 5.87. The Bertz CT molecular complexity index is 525. The maximum atomic E-state index is 12.9. The highest BCUT2D eigenvalue weighted by Crippen LogP contribution is 2.32. The molecule has 0 radical (unpaired) electrons. The number of carbonyl (C=O) groups is 1. The molecule has 1 amide bonds. The van der Waals surface area contributed by atoms with E-state index in [4.69, 9.17) is 27.9 Å². The predicted molar refractivity (Wildman–Crippen MR) is 89.3 cm³/mol. The molecule has 22 heavy (non-hydrogen) atoms. The van der Waals surface area contributed by atoms with E-state index in [0.29, 0.717) is 23.2 Å². The molecule has 1 fully saturated rings. The van der Waals surface area contributed by atoms with E-state index >= 15 is 0 Å². The summed E-state index contributed by atoms with van der Waals surface area (Å²) < 4.78 is 5.33. The fourth-order valence-corrected chi connectivity index (χ4v) is 3.31. The van der Waals surface area contributed by atoms with Crippen LogP contribution in [0.5, 0.6) is 0 Å². The van der Waals surface area contributed by atoms with Gasteiger partial charge in [-0.15, -0.1) is 0 Å². The monoisotopic (exact) mass is 344 g/mol. The summed E-state index contributed by atoms with van der Waals surface area (Å²) in [5.41, 5.74) is 0.539. The lowest BCUT2D eigenvalue weighted by atomic mass is 9.78. The molecule has 2 rings (SSSR count). The molecule has 0 spiro atoms. The van der Waals surface area contributed by atoms with Crippen LogP contribution < -0.4 is 5.32 Å². The molecule has 4 nitrogen and oxygen atoms in total. The number of nitrogens with one attached hydrogen (secondary N) is 1. The van der Waals surface area contributed by atoms with Crippen molar-refractivity contribution in [1.82, 2.24) is 10.2 Å². The van der Waals surface area contributed by atoms with Crippen LogP contribution in [0.1, 0.15) is 18.4 Å². The standard InChI is InChI=1S/C16H22Cl2N2O2/c1-20(10-12-3-4-13(17)14(18)9-12)15(21)16(11-22-2)5-7-19-8-6-16/h3-4,9,19H,5-8,10-11H2,1-2H3. The SMILES string of the molecule is COCC1(C(=O)N(C)Cc2ccc(Cl)c(Cl)c2)CCNCC1. The van der Waals surface area contributed by atoms with Crippen molar-refractivity contribution >= 4 is 29.1 Å². The Labute approximate surface area is 141 Å². The van der Waals surface area contributed by atoms with Gasteiger partial charge in [0.2, 0.25) is 5.91 Å². The molecular weight excluding hydrogens is 323 g/mol. The number of amides is 1. The van der Waals surface area contributed by atoms with Crippen LogP contribution in [0.15, 0.2) is 18.2 Å². The number of hydrogen-bond acceptors (Lipinski definition) is 3. The number of halogens is 2. The van der Waals surface area contributed by atoms with Crippen LogP contribution in [-0.2, 0) is 16.1 Å². The number of rotatable bonds is 5. The molecule has 1 saturated heterocycles. The number of piperidine rings is 1. The van der Waals surface area contributed by atoms with Gasteiger partial charge in [-0.1, -0.05) is 29.3 Å². The topological polar surface area (TPSA) is 41.6 Å². The van der Waals surface area contributed by atoms with Crippen molar-refractivity contribution in [2.24, 2.45) is 5.41 Å². The van der Waals surface area contributed by atoms with Gasteiger partial charge >= 0.3 is 0 Å². The average Bonchev–Trinajstić information content (AvgIpc) is 2.51. The van der Waals surface area contributed by atoms with Crippen LogP contribution in [0.4, 0.5) is 0 Å². The van der Waals surface area contributed by atoms with Crippen molar-refractivity contribution in [3.05, 3.63) is 33.8 Å². The number of benzene rings is 1. The van der Waals surface area contributed by atoms with Gasteiger partial charge in [0.05, 0.1) is 22.1 Å². The first-order valence-corrected chi connectivity index (χ1v) is 8.13. The van der Waals surface area contributed by atoms with E-state index in [1.165, 1.54) is 0 Å². The summed E-state index contributed by atoms with van der Waals surface area (Å²) in [5, 5.41) is 4.33. The smallest absolute Gasteiger partial charge is 0.231 e. The third kappa shape index (κ3) is 3.93. The highest BCUT2D eigenvalue weighted by molar-refractivity contribution is 6.42. The fraction of sp³-hybridized carbons (Fsp3) is 0.562. The van der Waals surface area contributed by atoms with Crippen molar-refractivity contribution in [2.75, 3.05) is 33.9 Å². The maximum absolute atomic E-state index is 12.9. The van der Waals surface area contributed by atoms with Crippen LogP contribution in [0, 0.1) is 5.41 Å². The zero-order chi connectivity index (χ0) is 16.2. The van der Waals surface area contributed by atoms with E-state index in [0.717, 1.165) is 31.5 Å². The normalized spacial score (nSPS) is 17.3. The van der Waals surface area contributed by atoms with Crippen molar-refractivity contribution in [2.45, 2.75) is 19.4 Å². The Morgan fingerprint density at radius 1 is 1.32 bits per heavy atom. The Morgan fingerprint density at radius 2 is 2.00 bits per heavy atom. The number of carbonyl (C=O) groups excluding carboxylic acids is 1. The van der Waals surface area contributed by atoms with E-state index < -0.39 is 5.41 Å². The van der Waals surface area contributed by atoms with Gasteiger partial charge in [-0.3, -0.25) is 4.79 Å². The lowest BCUT2D eigenvalue weighted by Gasteiger charge is -2.38. The molecular formula is C16H22Cl2N2O2. The van der Waals surface area contributed by atoms with Crippen LogP contribution in [0.25, 0.3) is 0 Å². The highest BCUT2D eigenvalue weighted by Gasteiger charge is 2.41. The third-order valence-corrected chi connectivity index (χ3v) is 4.92. The molecule has 0 atom stereocenters. The molecule has 0 saturated carbocycles. The minimum Gasteiger partial charge on any atom is -0.384 e. The predicted octanol–water partition coefficient (Wildman–Crippen LogP) is 2.97. The third-order valence-electron chi connectivity index (χ3n) is 4.19. The van der Waals surface area contributed by atoms with Gasteiger partial charge in [0.25, 0.3) is 0 Å². The Morgan fingerprint density at radius 3 is 2.59 bits per heavy atom. The molecule has 1 aromatic carbocycles. The first-order chi connectivity index (χ1) is 10.5. The first-order valence-electron chi connectivity index (χ1n) is 7.38. The summed E-state index contributed by atoms with van der Waals surface area (Å²) in [7, 11) is 3.47. The molecule has 0 aromatic heterocycles. The number of ether oxygens (including phenoxy) is 1. The second-order valence-corrected chi connectivity index (χ2v) is 6.69. The Balaban J connectivity index is 2.10. The zero-order valence-corrected chi connectivity index (χ0v) is 14.5. The van der Waals surface area contributed by atoms with Crippen molar-refractivity contribution in [3.8, 4) is 0 Å². The van der Waals surface area contributed by atoms with Gasteiger partial charge in [0.1, 0.15) is 0 Å². The number of methoxy groups -OCH3 is 1. The number of hydrogen-bond donors (Lipinski definition) is 1. The highest BCUT2D eigenvalue weighted by atomic mass is 35.5. The molecule has 1 aromatic rings. The number of nitrogens with zero attached hydrogens (tertiary/aromatic N) is 1. The fourth-order valence-electron chi connectivity index (χ4n) is 2.99. The summed E-state index contributed by atoms with van der Waals surface area (Å²) >= 11 is 12.0. The van der Waals surface area contributed by atoms with Gasteiger partial charge < -0.3 is 15.0 Å². The average molecular weight is 345 g/mol. The minimum atomic E-state index is -0.426. The van der Waals surface area contributed by atoms with E-state index in [9.17, 15) is 4.79 Å². The molecule has 6 heteroatoms. The molecule has 0 aliphatic carbocycles. The largest absolute Gasteiger partial charge is 0.384 e. The molecule has 0 bridgehead atoms. The van der Waals surface area contributed by atoms with Crippen LogP contribution in [0.2, 0.25) is 10.0 Å². The van der Waals surface area contributed by atoms with Gasteiger partial charge in [-0.2, -0.15) is 0 Å². The molecule has 122 valence electrons. The van der Waals surface area contributed by atoms with E-state index in [-0.39, 0.29) is 5.91 Å². The lowest BCUT2D eigenvalue weighted by molar-refractivity contribution is -0.146. The zero-order valence-electron chi connectivity index (χ0n) is 13.0. The van der Waals surface area contributed by atoms with Gasteiger partial charge in [0.15, 0.2) is 0 Å². The van der Waals surface area contributed by atoms with Gasteiger partial charge in [-0.25, -0.2) is 0 Å². The summed E-state index contributed by atoms with van der Waals surface area (Å²) in [6.45, 7) is 2.65. The van der Waals surface area contributed by atoms with Crippen molar-refractivity contribution in [1.29, 1.82) is 0 Å². The molecule has 1 N–H and O–H groups in total. The Kier molecular flexibility index (Phi) is 6.09. The van der Waals surface area contributed by atoms with Crippen LogP contribution in [0.3, 0.4) is 0 Å². The molecule has 0 unspecified atom stereocenters. The van der Waals surface area contributed by atoms with E-state index in [1.54, 1.807) is 24.1 Å². The Hall–Kier alpha value is -0.810. The van der Waals surface area contributed by atoms with E-state index in [2.05, 4.69) is 5.32 Å². The maximum Gasteiger partial charge on any atom is 0.231 e. The van der Waals surface area contributed by atoms with Gasteiger partial charge in [0, 0.05) is 20.7 Å². The van der Waals surface area contributed by atoms with Crippen molar-refractivity contribution in [3.63, 3.8) is 0 Å². The molecule has 1 heterocycles. The summed E-state index contributed by atoms with van der Waals surface area (Å²) in [4.78, 5) is 14.7. The van der Waals surface area contributed by atoms with Crippen LogP contribution >= 0.6 is 23.2 Å². The minimum absolute atomic E-state index is 0.127. The lowest BCUT2D eigenvalue weighted by Crippen LogP contribution is -2.50. The quantitative estimate of drug-likeness (QED) is 0.892. The van der Waals surface area contributed by atoms with Gasteiger partial charge in [-0.05, 0) is 43.6 Å².